The van der Waals surface area contributed by atoms with E-state index in [1.54, 1.807) is 4.90 Å². The molecule has 1 aromatic heterocycles. The number of amides is 1. The van der Waals surface area contributed by atoms with Crippen molar-refractivity contribution in [2.45, 2.75) is 30.3 Å². The van der Waals surface area contributed by atoms with Gasteiger partial charge in [0, 0.05) is 31.4 Å². The van der Waals surface area contributed by atoms with E-state index < -0.39 is 0 Å². The van der Waals surface area contributed by atoms with Crippen LogP contribution in [-0.4, -0.2) is 45.4 Å². The molecule has 2 aliphatic rings. The first-order valence-electron chi connectivity index (χ1n) is 6.42. The fourth-order valence-corrected chi connectivity index (χ4v) is 2.55. The molecule has 2 fully saturated rings. The van der Waals surface area contributed by atoms with E-state index in [0.29, 0.717) is 30.0 Å². The molecule has 0 aromatic carbocycles. The van der Waals surface area contributed by atoms with Crippen LogP contribution in [0.2, 0.25) is 0 Å². The second-order valence-electron chi connectivity index (χ2n) is 5.01. The van der Waals surface area contributed by atoms with Crippen molar-refractivity contribution in [3.05, 3.63) is 5.82 Å². The molecule has 0 bridgehead atoms. The summed E-state index contributed by atoms with van der Waals surface area (Å²) < 4.78 is 0. The average Bonchev–Trinajstić information content (AvgIpc) is 3.21. The van der Waals surface area contributed by atoms with Crippen LogP contribution in [0.25, 0.3) is 0 Å². The summed E-state index contributed by atoms with van der Waals surface area (Å²) in [6.45, 7) is 0.523. The van der Waals surface area contributed by atoms with Crippen LogP contribution >= 0.6 is 11.8 Å². The van der Waals surface area contributed by atoms with Gasteiger partial charge in [0.25, 0.3) is 0 Å². The van der Waals surface area contributed by atoms with E-state index >= 15 is 0 Å². The lowest BCUT2D eigenvalue weighted by Crippen LogP contribution is -2.27. The van der Waals surface area contributed by atoms with Gasteiger partial charge < -0.3 is 5.11 Å². The number of aliphatic hydroxyl groups is 1. The molecule has 3 rings (SSSR count). The van der Waals surface area contributed by atoms with Gasteiger partial charge in [0.1, 0.15) is 5.82 Å². The summed E-state index contributed by atoms with van der Waals surface area (Å²) in [5.74, 6) is 1.65. The maximum Gasteiger partial charge on any atom is 0.236 e. The zero-order valence-electron chi connectivity index (χ0n) is 10.7. The molecule has 6 nitrogen and oxygen atoms in total. The monoisotopic (exact) mass is 280 g/mol. The Balaban J connectivity index is 1.91. The van der Waals surface area contributed by atoms with Crippen molar-refractivity contribution in [2.24, 2.45) is 5.92 Å². The molecule has 1 saturated heterocycles. The molecular formula is C12H16N4O2S. The summed E-state index contributed by atoms with van der Waals surface area (Å²) in [5, 5.41) is 9.83. The van der Waals surface area contributed by atoms with Crippen LogP contribution in [0.15, 0.2) is 5.16 Å². The third-order valence-corrected chi connectivity index (χ3v) is 4.00. The highest BCUT2D eigenvalue weighted by Crippen LogP contribution is 2.39. The molecule has 0 spiro atoms. The van der Waals surface area contributed by atoms with E-state index in [1.165, 1.54) is 11.8 Å². The molecule has 1 amide bonds. The Labute approximate surface area is 115 Å². The van der Waals surface area contributed by atoms with Gasteiger partial charge in [-0.15, -0.1) is 0 Å². The van der Waals surface area contributed by atoms with Gasteiger partial charge in [0.05, 0.1) is 0 Å². The van der Waals surface area contributed by atoms with Gasteiger partial charge in [-0.25, -0.2) is 4.98 Å². The van der Waals surface area contributed by atoms with Crippen molar-refractivity contribution < 1.29 is 9.90 Å². The largest absolute Gasteiger partial charge is 0.396 e. The van der Waals surface area contributed by atoms with Crippen molar-refractivity contribution >= 4 is 23.6 Å². The molecule has 1 aliphatic carbocycles. The number of aromatic nitrogens is 3. The Kier molecular flexibility index (Phi) is 3.40. The lowest BCUT2D eigenvalue weighted by molar-refractivity contribution is -0.117. The first-order valence-corrected chi connectivity index (χ1v) is 7.65. The van der Waals surface area contributed by atoms with Crippen LogP contribution in [0.1, 0.15) is 31.0 Å². The summed E-state index contributed by atoms with van der Waals surface area (Å²) in [5.41, 5.74) is 0. The number of anilines is 1. The number of aliphatic hydroxyl groups excluding tert-OH is 1. The zero-order valence-corrected chi connectivity index (χ0v) is 11.6. The fourth-order valence-electron chi connectivity index (χ4n) is 2.19. The maximum absolute atomic E-state index is 11.9. The second-order valence-corrected chi connectivity index (χ2v) is 5.79. The zero-order chi connectivity index (χ0) is 13.4. The molecule has 1 unspecified atom stereocenters. The summed E-state index contributed by atoms with van der Waals surface area (Å²) in [4.78, 5) is 26.7. The third-order valence-electron chi connectivity index (χ3n) is 3.45. The van der Waals surface area contributed by atoms with Gasteiger partial charge in [0.15, 0.2) is 5.16 Å². The van der Waals surface area contributed by atoms with Crippen LogP contribution in [0.4, 0.5) is 5.95 Å². The van der Waals surface area contributed by atoms with E-state index in [2.05, 4.69) is 15.0 Å². The predicted molar refractivity (Wildman–Crippen MR) is 71.1 cm³/mol. The normalized spacial score (nSPS) is 23.2. The molecule has 2 heterocycles. The van der Waals surface area contributed by atoms with E-state index in [1.807, 2.05) is 6.26 Å². The van der Waals surface area contributed by atoms with E-state index in [4.69, 9.17) is 5.11 Å². The summed E-state index contributed by atoms with van der Waals surface area (Å²) >= 11 is 1.46. The first kappa shape index (κ1) is 12.8. The SMILES string of the molecule is CSc1nc(C2CC2)nc(N2CC(CO)CC2=O)n1. The minimum atomic E-state index is -0.0148. The Bertz CT molecular complexity index is 507. The molecular weight excluding hydrogens is 264 g/mol. The summed E-state index contributed by atoms with van der Waals surface area (Å²) in [7, 11) is 0. The molecule has 1 N–H and O–H groups in total. The van der Waals surface area contributed by atoms with Gasteiger partial charge in [0.2, 0.25) is 11.9 Å². The molecule has 102 valence electrons. The molecule has 0 radical (unpaired) electrons. The van der Waals surface area contributed by atoms with Crippen molar-refractivity contribution in [1.82, 2.24) is 15.0 Å². The van der Waals surface area contributed by atoms with Crippen molar-refractivity contribution in [3.8, 4) is 0 Å². The van der Waals surface area contributed by atoms with Crippen molar-refractivity contribution in [2.75, 3.05) is 24.3 Å². The highest BCUT2D eigenvalue weighted by Gasteiger charge is 2.34. The molecule has 19 heavy (non-hydrogen) atoms. The fraction of sp³-hybridized carbons (Fsp3) is 0.667. The van der Waals surface area contributed by atoms with Crippen LogP contribution in [0.5, 0.6) is 0 Å². The van der Waals surface area contributed by atoms with Gasteiger partial charge >= 0.3 is 0 Å². The Morgan fingerprint density at radius 1 is 1.37 bits per heavy atom. The van der Waals surface area contributed by atoms with Crippen LogP contribution in [-0.2, 0) is 4.79 Å². The first-order chi connectivity index (χ1) is 9.21. The Morgan fingerprint density at radius 3 is 2.74 bits per heavy atom. The summed E-state index contributed by atoms with van der Waals surface area (Å²) in [6, 6.07) is 0. The lowest BCUT2D eigenvalue weighted by atomic mass is 10.1. The maximum atomic E-state index is 11.9. The van der Waals surface area contributed by atoms with E-state index in [-0.39, 0.29) is 18.4 Å². The van der Waals surface area contributed by atoms with Crippen molar-refractivity contribution in [3.63, 3.8) is 0 Å². The Morgan fingerprint density at radius 2 is 2.16 bits per heavy atom. The van der Waals surface area contributed by atoms with E-state index in [9.17, 15) is 4.79 Å². The van der Waals surface area contributed by atoms with Crippen molar-refractivity contribution in [1.29, 1.82) is 0 Å². The minimum Gasteiger partial charge on any atom is -0.396 e. The third kappa shape index (κ3) is 2.57. The highest BCUT2D eigenvalue weighted by molar-refractivity contribution is 7.98. The van der Waals surface area contributed by atoms with Gasteiger partial charge in [-0.2, -0.15) is 9.97 Å². The topological polar surface area (TPSA) is 79.2 Å². The second kappa shape index (κ2) is 5.05. The molecule has 1 aliphatic heterocycles. The van der Waals surface area contributed by atoms with E-state index in [0.717, 1.165) is 18.7 Å². The minimum absolute atomic E-state index is 0.00799. The lowest BCUT2D eigenvalue weighted by Gasteiger charge is -2.15. The van der Waals surface area contributed by atoms with Crippen LogP contribution in [0, 0.1) is 5.92 Å². The number of thioether (sulfide) groups is 1. The highest BCUT2D eigenvalue weighted by atomic mass is 32.2. The number of carbonyl (C=O) groups excluding carboxylic acids is 1. The number of rotatable bonds is 4. The van der Waals surface area contributed by atoms with Gasteiger partial charge in [-0.3, -0.25) is 9.69 Å². The smallest absolute Gasteiger partial charge is 0.236 e. The van der Waals surface area contributed by atoms with Gasteiger partial charge in [-0.05, 0) is 19.1 Å². The number of hydrogen-bond acceptors (Lipinski definition) is 6. The summed E-state index contributed by atoms with van der Waals surface area (Å²) in [6.07, 6.45) is 4.52. The predicted octanol–water partition coefficient (Wildman–Crippen LogP) is 0.816. The molecule has 1 saturated carbocycles. The Hall–Kier alpha value is -1.21. The van der Waals surface area contributed by atoms with Crippen LogP contribution in [0.3, 0.4) is 0 Å². The standard InChI is InChI=1S/C12H16N4O2S/c1-19-12-14-10(8-2-3-8)13-11(15-12)16-5-7(6-17)4-9(16)18/h7-8,17H,2-6H2,1H3. The number of nitrogens with zero attached hydrogens (tertiary/aromatic N) is 4. The molecule has 1 atom stereocenters. The average molecular weight is 280 g/mol. The number of carbonyl (C=O) groups is 1. The molecule has 7 heteroatoms. The van der Waals surface area contributed by atoms with Gasteiger partial charge in [-0.1, -0.05) is 11.8 Å². The van der Waals surface area contributed by atoms with Crippen LogP contribution < -0.4 is 4.90 Å². The number of hydrogen-bond donors (Lipinski definition) is 1. The molecule has 1 aromatic rings. The quantitative estimate of drug-likeness (QED) is 0.822.